The molecule has 9 heteroatoms. The molecule has 8 nitrogen and oxygen atoms in total. The maximum atomic E-state index is 12.8. The van der Waals surface area contributed by atoms with E-state index in [-0.39, 0.29) is 22.2 Å². The number of nitrogens with one attached hydrogen (secondary N) is 1. The van der Waals surface area contributed by atoms with Crippen LogP contribution in [0.25, 0.3) is 10.8 Å². The standard InChI is InChI=1S/C17H15N3O5S/c1-9(26-2)18-14(21)8-19-16(22)12-5-3-4-10-6-11(20(24)25)7-13(15(10)12)17(19)23/h3-7,9H,8H2,1-2H3,(H,18,21). The summed E-state index contributed by atoms with van der Waals surface area (Å²) in [7, 11) is 0. The lowest BCUT2D eigenvalue weighted by atomic mass is 9.93. The molecule has 1 atom stereocenters. The molecule has 3 rings (SSSR count). The summed E-state index contributed by atoms with van der Waals surface area (Å²) in [6, 6.07) is 7.22. The van der Waals surface area contributed by atoms with Gasteiger partial charge in [-0.2, -0.15) is 0 Å². The number of nitro benzene ring substituents is 1. The van der Waals surface area contributed by atoms with Crippen LogP contribution in [-0.2, 0) is 4.79 Å². The van der Waals surface area contributed by atoms with Crippen LogP contribution in [0.5, 0.6) is 0 Å². The van der Waals surface area contributed by atoms with Crippen LogP contribution in [0.15, 0.2) is 30.3 Å². The van der Waals surface area contributed by atoms with Gasteiger partial charge in [0.2, 0.25) is 5.91 Å². The number of thioether (sulfide) groups is 1. The first kappa shape index (κ1) is 17.9. The second-order valence-corrected chi connectivity index (χ2v) is 6.97. The second kappa shape index (κ2) is 6.75. The summed E-state index contributed by atoms with van der Waals surface area (Å²) in [6.45, 7) is 1.34. The van der Waals surface area contributed by atoms with Gasteiger partial charge in [0, 0.05) is 23.1 Å². The summed E-state index contributed by atoms with van der Waals surface area (Å²) < 4.78 is 0. The molecular weight excluding hydrogens is 358 g/mol. The minimum Gasteiger partial charge on any atom is -0.343 e. The number of hydrogen-bond acceptors (Lipinski definition) is 6. The third-order valence-electron chi connectivity index (χ3n) is 4.14. The summed E-state index contributed by atoms with van der Waals surface area (Å²) in [5.41, 5.74) is 0.0561. The van der Waals surface area contributed by atoms with Crippen molar-refractivity contribution in [2.45, 2.75) is 12.3 Å². The Morgan fingerprint density at radius 3 is 2.62 bits per heavy atom. The summed E-state index contributed by atoms with van der Waals surface area (Å²) >= 11 is 1.41. The molecule has 26 heavy (non-hydrogen) atoms. The Balaban J connectivity index is 2.05. The van der Waals surface area contributed by atoms with E-state index in [4.69, 9.17) is 0 Å². The van der Waals surface area contributed by atoms with Crippen molar-refractivity contribution in [3.63, 3.8) is 0 Å². The maximum absolute atomic E-state index is 12.8. The summed E-state index contributed by atoms with van der Waals surface area (Å²) in [5.74, 6) is -1.78. The molecule has 1 aliphatic heterocycles. The van der Waals surface area contributed by atoms with E-state index in [0.717, 1.165) is 11.0 Å². The average molecular weight is 373 g/mol. The fourth-order valence-electron chi connectivity index (χ4n) is 2.87. The van der Waals surface area contributed by atoms with Gasteiger partial charge in [0.05, 0.1) is 15.9 Å². The van der Waals surface area contributed by atoms with Gasteiger partial charge >= 0.3 is 0 Å². The van der Waals surface area contributed by atoms with Crippen molar-refractivity contribution in [3.8, 4) is 0 Å². The lowest BCUT2D eigenvalue weighted by molar-refractivity contribution is -0.384. The predicted molar refractivity (Wildman–Crippen MR) is 97.1 cm³/mol. The fourth-order valence-corrected chi connectivity index (χ4v) is 3.12. The normalized spacial score (nSPS) is 14.5. The van der Waals surface area contributed by atoms with Crippen molar-refractivity contribution >= 4 is 45.9 Å². The average Bonchev–Trinajstić information content (AvgIpc) is 2.62. The first-order chi connectivity index (χ1) is 12.3. The first-order valence-corrected chi connectivity index (χ1v) is 9.01. The van der Waals surface area contributed by atoms with Crippen molar-refractivity contribution in [3.05, 3.63) is 51.6 Å². The van der Waals surface area contributed by atoms with Crippen LogP contribution >= 0.6 is 11.8 Å². The van der Waals surface area contributed by atoms with Gasteiger partial charge in [-0.15, -0.1) is 11.8 Å². The molecular formula is C17H15N3O5S. The molecule has 3 amide bonds. The minimum atomic E-state index is -0.714. The Kier molecular flexibility index (Phi) is 4.64. The molecule has 0 spiro atoms. The number of hydrogen-bond donors (Lipinski definition) is 1. The largest absolute Gasteiger partial charge is 0.343 e. The molecule has 0 saturated carbocycles. The monoisotopic (exact) mass is 373 g/mol. The molecule has 1 unspecified atom stereocenters. The predicted octanol–water partition coefficient (Wildman–Crippen LogP) is 2.17. The van der Waals surface area contributed by atoms with Crippen LogP contribution in [0.3, 0.4) is 0 Å². The number of carbonyl (C=O) groups excluding carboxylic acids is 3. The van der Waals surface area contributed by atoms with Crippen LogP contribution in [0, 0.1) is 10.1 Å². The van der Waals surface area contributed by atoms with Gasteiger partial charge in [-0.1, -0.05) is 12.1 Å². The number of carbonyl (C=O) groups is 3. The minimum absolute atomic E-state index is 0.0510. The van der Waals surface area contributed by atoms with E-state index >= 15 is 0 Å². The number of rotatable bonds is 5. The second-order valence-electron chi connectivity index (χ2n) is 5.80. The zero-order valence-corrected chi connectivity index (χ0v) is 14.8. The van der Waals surface area contributed by atoms with Gasteiger partial charge in [-0.25, -0.2) is 0 Å². The number of benzene rings is 2. The molecule has 2 aromatic rings. The molecule has 1 aliphatic rings. The molecule has 0 bridgehead atoms. The molecule has 1 heterocycles. The first-order valence-electron chi connectivity index (χ1n) is 7.73. The number of nitro groups is 1. The third kappa shape index (κ3) is 3.01. The van der Waals surface area contributed by atoms with Crippen molar-refractivity contribution in [2.75, 3.05) is 12.8 Å². The highest BCUT2D eigenvalue weighted by atomic mass is 32.2. The van der Waals surface area contributed by atoms with Crippen LogP contribution in [-0.4, -0.2) is 45.7 Å². The molecule has 0 saturated heterocycles. The summed E-state index contributed by atoms with van der Waals surface area (Å²) in [5, 5.41) is 14.5. The Labute approximate surface area is 152 Å². The highest BCUT2D eigenvalue weighted by Gasteiger charge is 2.35. The SMILES string of the molecule is CSC(C)NC(=O)CN1C(=O)c2cccc3cc([N+](=O)[O-])cc(c23)C1=O. The zero-order valence-electron chi connectivity index (χ0n) is 14.0. The highest BCUT2D eigenvalue weighted by Crippen LogP contribution is 2.33. The van der Waals surface area contributed by atoms with Crippen molar-refractivity contribution in [1.29, 1.82) is 0 Å². The topological polar surface area (TPSA) is 110 Å². The van der Waals surface area contributed by atoms with Crippen LogP contribution in [0.1, 0.15) is 27.6 Å². The lowest BCUT2D eigenvalue weighted by Crippen LogP contribution is -2.47. The third-order valence-corrected chi connectivity index (χ3v) is 4.97. The van der Waals surface area contributed by atoms with E-state index in [2.05, 4.69) is 5.32 Å². The molecule has 134 valence electrons. The summed E-state index contributed by atoms with van der Waals surface area (Å²) in [6.07, 6.45) is 1.82. The quantitative estimate of drug-likeness (QED) is 0.372. The van der Waals surface area contributed by atoms with Gasteiger partial charge in [-0.05, 0) is 24.6 Å². The molecule has 1 N–H and O–H groups in total. The van der Waals surface area contributed by atoms with Crippen LogP contribution in [0.2, 0.25) is 0 Å². The Morgan fingerprint density at radius 2 is 1.96 bits per heavy atom. The molecule has 0 aliphatic carbocycles. The van der Waals surface area contributed by atoms with Gasteiger partial charge < -0.3 is 5.32 Å². The van der Waals surface area contributed by atoms with E-state index in [0.29, 0.717) is 10.8 Å². The van der Waals surface area contributed by atoms with E-state index in [1.807, 2.05) is 6.26 Å². The highest BCUT2D eigenvalue weighted by molar-refractivity contribution is 7.99. The van der Waals surface area contributed by atoms with Gasteiger partial charge in [0.15, 0.2) is 0 Å². The molecule has 0 fully saturated rings. The molecule has 0 radical (unpaired) electrons. The summed E-state index contributed by atoms with van der Waals surface area (Å²) in [4.78, 5) is 49.0. The Hall–Kier alpha value is -2.94. The van der Waals surface area contributed by atoms with E-state index in [9.17, 15) is 24.5 Å². The van der Waals surface area contributed by atoms with Crippen molar-refractivity contribution in [2.24, 2.45) is 0 Å². The van der Waals surface area contributed by atoms with Crippen LogP contribution in [0.4, 0.5) is 5.69 Å². The Bertz CT molecular complexity index is 959. The smallest absolute Gasteiger partial charge is 0.270 e. The van der Waals surface area contributed by atoms with Crippen molar-refractivity contribution in [1.82, 2.24) is 10.2 Å². The lowest BCUT2D eigenvalue weighted by Gasteiger charge is -2.27. The number of amides is 3. The molecule has 0 aromatic heterocycles. The zero-order chi connectivity index (χ0) is 19.0. The Morgan fingerprint density at radius 1 is 1.27 bits per heavy atom. The van der Waals surface area contributed by atoms with Gasteiger partial charge in [0.25, 0.3) is 17.5 Å². The van der Waals surface area contributed by atoms with Crippen LogP contribution < -0.4 is 5.32 Å². The fraction of sp³-hybridized carbons (Fsp3) is 0.235. The molecule has 2 aromatic carbocycles. The van der Waals surface area contributed by atoms with Gasteiger partial charge in [0.1, 0.15) is 6.54 Å². The van der Waals surface area contributed by atoms with Gasteiger partial charge in [-0.3, -0.25) is 29.4 Å². The van der Waals surface area contributed by atoms with E-state index in [1.165, 1.54) is 17.8 Å². The van der Waals surface area contributed by atoms with Crippen molar-refractivity contribution < 1.29 is 19.3 Å². The number of imide groups is 1. The number of nitrogens with zero attached hydrogens (tertiary/aromatic N) is 2. The number of non-ortho nitro benzene ring substituents is 1. The van der Waals surface area contributed by atoms with E-state index in [1.54, 1.807) is 25.1 Å². The van der Waals surface area contributed by atoms with E-state index < -0.39 is 29.2 Å². The maximum Gasteiger partial charge on any atom is 0.270 e.